The van der Waals surface area contributed by atoms with E-state index in [4.69, 9.17) is 23.2 Å². The van der Waals surface area contributed by atoms with Crippen LogP contribution in [0, 0.1) is 0 Å². The highest BCUT2D eigenvalue weighted by Gasteiger charge is 2.24. The van der Waals surface area contributed by atoms with Gasteiger partial charge >= 0.3 is 0 Å². The van der Waals surface area contributed by atoms with E-state index in [1.165, 1.54) is 41.0 Å². The summed E-state index contributed by atoms with van der Waals surface area (Å²) >= 11 is 15.6. The number of aryl methyl sites for hydroxylation is 1. The first-order valence-electron chi connectivity index (χ1n) is 6.42. The van der Waals surface area contributed by atoms with Crippen LogP contribution in [0.1, 0.15) is 47.9 Å². The molecule has 5 heteroatoms. The molecule has 102 valence electrons. The topological polar surface area (TPSA) is 12.0 Å². The van der Waals surface area contributed by atoms with Crippen molar-refractivity contribution in [1.82, 2.24) is 5.32 Å². The van der Waals surface area contributed by atoms with E-state index >= 15 is 0 Å². The lowest BCUT2D eigenvalue weighted by Gasteiger charge is -2.27. The lowest BCUT2D eigenvalue weighted by Crippen LogP contribution is -2.26. The highest BCUT2D eigenvalue weighted by molar-refractivity contribution is 7.20. The standard InChI is InChI=1S/C14H15Cl2NS2/c1-8(10-7-13(15)19-14(10)16)17-11-3-2-4-12-9(11)5-6-18-12/h5-8,11,17H,2-4H2,1H3. The second kappa shape index (κ2) is 5.74. The predicted molar refractivity (Wildman–Crippen MR) is 85.9 cm³/mol. The van der Waals surface area contributed by atoms with Gasteiger partial charge in [-0.2, -0.15) is 0 Å². The van der Waals surface area contributed by atoms with Gasteiger partial charge in [-0.05, 0) is 54.8 Å². The summed E-state index contributed by atoms with van der Waals surface area (Å²) in [5.41, 5.74) is 2.58. The Hall–Kier alpha value is -0.0600. The van der Waals surface area contributed by atoms with E-state index in [1.807, 2.05) is 17.4 Å². The third kappa shape index (κ3) is 2.86. The largest absolute Gasteiger partial charge is 0.303 e. The fourth-order valence-corrected chi connectivity index (χ4v) is 5.33. The van der Waals surface area contributed by atoms with Gasteiger partial charge in [-0.15, -0.1) is 22.7 Å². The smallest absolute Gasteiger partial charge is 0.0991 e. The van der Waals surface area contributed by atoms with Gasteiger partial charge in [-0.3, -0.25) is 0 Å². The van der Waals surface area contributed by atoms with Crippen LogP contribution in [0.3, 0.4) is 0 Å². The first kappa shape index (κ1) is 13.9. The van der Waals surface area contributed by atoms with Crippen molar-refractivity contribution < 1.29 is 0 Å². The Balaban J connectivity index is 1.78. The second-order valence-electron chi connectivity index (χ2n) is 4.91. The van der Waals surface area contributed by atoms with Gasteiger partial charge in [0.25, 0.3) is 0 Å². The highest BCUT2D eigenvalue weighted by Crippen LogP contribution is 2.38. The summed E-state index contributed by atoms with van der Waals surface area (Å²) in [6.07, 6.45) is 3.68. The van der Waals surface area contributed by atoms with Gasteiger partial charge in [-0.1, -0.05) is 23.2 Å². The van der Waals surface area contributed by atoms with Crippen molar-refractivity contribution in [3.63, 3.8) is 0 Å². The number of hydrogen-bond acceptors (Lipinski definition) is 3. The maximum Gasteiger partial charge on any atom is 0.0991 e. The number of thiophene rings is 2. The minimum atomic E-state index is 0.229. The maximum absolute atomic E-state index is 6.23. The van der Waals surface area contributed by atoms with Crippen molar-refractivity contribution in [2.24, 2.45) is 0 Å². The van der Waals surface area contributed by atoms with E-state index in [1.54, 1.807) is 0 Å². The molecule has 0 radical (unpaired) electrons. The zero-order valence-electron chi connectivity index (χ0n) is 10.6. The van der Waals surface area contributed by atoms with Crippen molar-refractivity contribution in [3.05, 3.63) is 42.2 Å². The van der Waals surface area contributed by atoms with Crippen molar-refractivity contribution in [3.8, 4) is 0 Å². The molecule has 1 aliphatic rings. The van der Waals surface area contributed by atoms with Crippen LogP contribution in [0.4, 0.5) is 0 Å². The van der Waals surface area contributed by atoms with E-state index < -0.39 is 0 Å². The molecule has 0 aliphatic heterocycles. The average molecular weight is 332 g/mol. The molecule has 3 rings (SSSR count). The summed E-state index contributed by atoms with van der Waals surface area (Å²) in [6, 6.07) is 4.90. The molecule has 2 atom stereocenters. The number of rotatable bonds is 3. The molecule has 0 saturated carbocycles. The zero-order valence-corrected chi connectivity index (χ0v) is 13.7. The van der Waals surface area contributed by atoms with E-state index in [2.05, 4.69) is 23.7 Å². The highest BCUT2D eigenvalue weighted by atomic mass is 35.5. The second-order valence-corrected chi connectivity index (χ2v) is 8.20. The maximum atomic E-state index is 6.23. The van der Waals surface area contributed by atoms with Crippen molar-refractivity contribution >= 4 is 45.9 Å². The molecule has 0 amide bonds. The van der Waals surface area contributed by atoms with Gasteiger partial charge < -0.3 is 5.32 Å². The molecule has 0 fully saturated rings. The van der Waals surface area contributed by atoms with Gasteiger partial charge in [0, 0.05) is 17.0 Å². The Morgan fingerprint density at radius 3 is 3.00 bits per heavy atom. The van der Waals surface area contributed by atoms with Crippen LogP contribution in [0.5, 0.6) is 0 Å². The zero-order chi connectivity index (χ0) is 13.4. The van der Waals surface area contributed by atoms with E-state index in [0.717, 1.165) is 14.2 Å². The molecule has 2 aromatic heterocycles. The lowest BCUT2D eigenvalue weighted by molar-refractivity contribution is 0.419. The van der Waals surface area contributed by atoms with Crippen molar-refractivity contribution in [2.75, 3.05) is 0 Å². The fourth-order valence-electron chi connectivity index (χ4n) is 2.70. The minimum absolute atomic E-state index is 0.229. The van der Waals surface area contributed by atoms with E-state index in [9.17, 15) is 0 Å². The van der Waals surface area contributed by atoms with E-state index in [0.29, 0.717) is 6.04 Å². The first-order valence-corrected chi connectivity index (χ1v) is 8.87. The Morgan fingerprint density at radius 1 is 1.42 bits per heavy atom. The normalized spacial score (nSPS) is 20.3. The molecular formula is C14H15Cl2NS2. The Morgan fingerprint density at radius 2 is 2.26 bits per heavy atom. The number of halogens is 2. The van der Waals surface area contributed by atoms with Crippen LogP contribution in [0.15, 0.2) is 17.5 Å². The molecule has 1 aliphatic carbocycles. The van der Waals surface area contributed by atoms with Gasteiger partial charge in [0.15, 0.2) is 0 Å². The molecule has 19 heavy (non-hydrogen) atoms. The third-order valence-electron chi connectivity index (χ3n) is 3.65. The van der Waals surface area contributed by atoms with Crippen LogP contribution in [-0.4, -0.2) is 0 Å². The molecule has 2 unspecified atom stereocenters. The Labute approximate surface area is 131 Å². The van der Waals surface area contributed by atoms with Gasteiger partial charge in [-0.25, -0.2) is 0 Å². The van der Waals surface area contributed by atoms with E-state index in [-0.39, 0.29) is 6.04 Å². The molecular weight excluding hydrogens is 317 g/mol. The number of fused-ring (bicyclic) bond motifs is 1. The van der Waals surface area contributed by atoms with Crippen molar-refractivity contribution in [2.45, 2.75) is 38.3 Å². The summed E-state index contributed by atoms with van der Waals surface area (Å²) < 4.78 is 1.56. The molecule has 0 spiro atoms. The summed E-state index contributed by atoms with van der Waals surface area (Å²) in [5.74, 6) is 0. The molecule has 2 aromatic rings. The first-order chi connectivity index (χ1) is 9.15. The van der Waals surface area contributed by atoms with Crippen LogP contribution >= 0.6 is 45.9 Å². The molecule has 0 aromatic carbocycles. The third-order valence-corrected chi connectivity index (χ3v) is 6.17. The van der Waals surface area contributed by atoms with Gasteiger partial charge in [0.1, 0.15) is 0 Å². The Bertz CT molecular complexity index is 576. The summed E-state index contributed by atoms with van der Waals surface area (Å²) in [5, 5.41) is 5.90. The number of hydrogen-bond donors (Lipinski definition) is 1. The summed E-state index contributed by atoms with van der Waals surface area (Å²) in [7, 11) is 0. The summed E-state index contributed by atoms with van der Waals surface area (Å²) in [6.45, 7) is 2.16. The van der Waals surface area contributed by atoms with Gasteiger partial charge in [0.05, 0.1) is 8.67 Å². The van der Waals surface area contributed by atoms with Gasteiger partial charge in [0.2, 0.25) is 0 Å². The molecule has 1 N–H and O–H groups in total. The molecule has 2 heterocycles. The number of nitrogens with one attached hydrogen (secondary N) is 1. The quantitative estimate of drug-likeness (QED) is 0.744. The predicted octanol–water partition coefficient (Wildman–Crippen LogP) is 5.84. The Kier molecular flexibility index (Phi) is 4.20. The van der Waals surface area contributed by atoms with Crippen LogP contribution < -0.4 is 5.32 Å². The lowest BCUT2D eigenvalue weighted by atomic mass is 9.93. The minimum Gasteiger partial charge on any atom is -0.303 e. The van der Waals surface area contributed by atoms with Crippen LogP contribution in [-0.2, 0) is 6.42 Å². The monoisotopic (exact) mass is 331 g/mol. The SMILES string of the molecule is CC(NC1CCCc2sccc21)c1cc(Cl)sc1Cl. The van der Waals surface area contributed by atoms with Crippen LogP contribution in [0.25, 0.3) is 0 Å². The van der Waals surface area contributed by atoms with Crippen molar-refractivity contribution in [1.29, 1.82) is 0 Å². The summed E-state index contributed by atoms with van der Waals surface area (Å²) in [4.78, 5) is 1.53. The molecule has 1 nitrogen and oxygen atoms in total. The molecule has 0 saturated heterocycles. The molecule has 0 bridgehead atoms. The fraction of sp³-hybridized carbons (Fsp3) is 0.429. The average Bonchev–Trinajstić information content (AvgIpc) is 2.96. The van der Waals surface area contributed by atoms with Crippen LogP contribution in [0.2, 0.25) is 8.67 Å².